The minimum absolute atomic E-state index is 0.133. The summed E-state index contributed by atoms with van der Waals surface area (Å²) in [5, 5.41) is 11.3. The summed E-state index contributed by atoms with van der Waals surface area (Å²) >= 11 is 0. The normalized spacial score (nSPS) is 33.6. The third kappa shape index (κ3) is 3.01. The summed E-state index contributed by atoms with van der Waals surface area (Å²) in [5.41, 5.74) is 10.2. The topological polar surface area (TPSA) is 63.3 Å². The lowest BCUT2D eigenvalue weighted by Gasteiger charge is -2.49. The number of hydrogen-bond donors (Lipinski definition) is 2. The molecule has 30 heavy (non-hydrogen) atoms. The molecule has 4 heteroatoms. The van der Waals surface area contributed by atoms with Crippen LogP contribution in [0.15, 0.2) is 48.0 Å². The molecule has 0 aromatic heterocycles. The van der Waals surface area contributed by atoms with Gasteiger partial charge < -0.3 is 10.8 Å². The molecule has 0 bridgehead atoms. The number of nitrogens with two attached hydrogens (primary N) is 1. The van der Waals surface area contributed by atoms with Crippen molar-refractivity contribution in [1.82, 2.24) is 0 Å². The monoisotopic (exact) mass is 405 g/mol. The first kappa shape index (κ1) is 19.5. The number of aryl methyl sites for hydroxylation is 1. The molecule has 1 amide bonds. The van der Waals surface area contributed by atoms with Gasteiger partial charge in [0.25, 0.3) is 0 Å². The molecule has 3 nitrogen and oxygen atoms in total. The smallest absolute Gasteiger partial charge is 0.248 e. The van der Waals surface area contributed by atoms with Gasteiger partial charge >= 0.3 is 0 Å². The van der Waals surface area contributed by atoms with Crippen molar-refractivity contribution < 1.29 is 14.3 Å². The van der Waals surface area contributed by atoms with Gasteiger partial charge in [0.2, 0.25) is 5.91 Å². The number of carbonyl (C=O) groups excluding carboxylic acids is 1. The maximum Gasteiger partial charge on any atom is 0.248 e. The molecule has 0 radical (unpaired) electrons. The summed E-state index contributed by atoms with van der Waals surface area (Å²) < 4.78 is 13.7. The number of aliphatic hydroxyl groups excluding tert-OH is 1. The third-order valence-corrected chi connectivity index (χ3v) is 8.08. The van der Waals surface area contributed by atoms with E-state index >= 15 is 0 Å². The van der Waals surface area contributed by atoms with Crippen molar-refractivity contribution in [2.24, 2.45) is 23.0 Å². The number of halogens is 1. The predicted molar refractivity (Wildman–Crippen MR) is 115 cm³/mol. The Labute approximate surface area is 176 Å². The first-order valence-corrected chi connectivity index (χ1v) is 10.9. The summed E-state index contributed by atoms with van der Waals surface area (Å²) in [4.78, 5) is 11.5. The number of aliphatic hydroxyl groups is 1. The van der Waals surface area contributed by atoms with Crippen LogP contribution in [0.25, 0.3) is 6.08 Å². The molecule has 2 saturated carbocycles. The number of benzene rings is 2. The van der Waals surface area contributed by atoms with Crippen molar-refractivity contribution in [3.8, 4) is 0 Å². The highest BCUT2D eigenvalue weighted by atomic mass is 19.1. The number of amides is 1. The highest BCUT2D eigenvalue weighted by Crippen LogP contribution is 2.62. The average Bonchev–Trinajstić information content (AvgIpc) is 2.98. The number of fused-ring (bicyclic) bond motifs is 5. The van der Waals surface area contributed by atoms with E-state index in [1.54, 1.807) is 24.3 Å². The third-order valence-electron chi connectivity index (χ3n) is 8.08. The van der Waals surface area contributed by atoms with Crippen LogP contribution >= 0.6 is 0 Å². The van der Waals surface area contributed by atoms with Crippen molar-refractivity contribution in [2.75, 3.05) is 0 Å². The minimum Gasteiger partial charge on any atom is -0.388 e. The van der Waals surface area contributed by atoms with Gasteiger partial charge in [-0.25, -0.2) is 4.39 Å². The summed E-state index contributed by atoms with van der Waals surface area (Å²) in [7, 11) is 0. The second-order valence-electron chi connectivity index (χ2n) is 9.62. The Morgan fingerprint density at radius 3 is 2.87 bits per heavy atom. The Morgan fingerprint density at radius 1 is 1.23 bits per heavy atom. The van der Waals surface area contributed by atoms with E-state index < -0.39 is 12.0 Å². The number of hydrogen-bond acceptors (Lipinski definition) is 2. The van der Waals surface area contributed by atoms with Gasteiger partial charge in [0.1, 0.15) is 5.82 Å². The molecule has 0 spiro atoms. The zero-order valence-corrected chi connectivity index (χ0v) is 17.3. The molecular weight excluding hydrogens is 377 g/mol. The number of rotatable bonds is 2. The molecule has 3 aliphatic rings. The van der Waals surface area contributed by atoms with Crippen molar-refractivity contribution >= 4 is 12.0 Å². The van der Waals surface area contributed by atoms with E-state index in [1.165, 1.54) is 5.56 Å². The van der Waals surface area contributed by atoms with E-state index in [-0.39, 0.29) is 11.2 Å². The molecule has 3 N–H and O–H groups in total. The van der Waals surface area contributed by atoms with Crippen molar-refractivity contribution in [1.29, 1.82) is 0 Å². The fraction of sp³-hybridized carbons (Fsp3) is 0.423. The van der Waals surface area contributed by atoms with Crippen LogP contribution in [0, 0.1) is 23.1 Å². The summed E-state index contributed by atoms with van der Waals surface area (Å²) in [6.07, 6.45) is 6.41. The van der Waals surface area contributed by atoms with Gasteiger partial charge in [0.15, 0.2) is 0 Å². The molecule has 2 aromatic carbocycles. The zero-order valence-electron chi connectivity index (χ0n) is 17.3. The first-order valence-electron chi connectivity index (χ1n) is 10.9. The summed E-state index contributed by atoms with van der Waals surface area (Å²) in [6.45, 7) is 2.24. The van der Waals surface area contributed by atoms with Gasteiger partial charge in [-0.15, -0.1) is 0 Å². The standard InChI is InChI=1S/C26H28FNO2/c1-26-10-9-21-20-8-6-19(27)13-16(20)5-7-22(21)23(26)14-18(24(26)29)12-15-3-2-4-17(11-15)25(28)30/h2-4,6,8,11-13,21-24,29H,5,7,9-10,14H2,1H3,(H2,28,30)/b18-12+/t21?,22?,23?,24-,26-/m0/s1. The molecule has 3 aliphatic carbocycles. The second kappa shape index (κ2) is 7.05. The average molecular weight is 406 g/mol. The van der Waals surface area contributed by atoms with Gasteiger partial charge in [-0.05, 0) is 96.4 Å². The lowest BCUT2D eigenvalue weighted by molar-refractivity contribution is -0.0158. The van der Waals surface area contributed by atoms with Crippen LogP contribution in [-0.4, -0.2) is 17.1 Å². The molecule has 2 fully saturated rings. The minimum atomic E-state index is -0.477. The first-order chi connectivity index (χ1) is 14.4. The van der Waals surface area contributed by atoms with E-state index in [0.29, 0.717) is 23.3 Å². The fourth-order valence-electron chi connectivity index (χ4n) is 6.55. The molecule has 3 unspecified atom stereocenters. The molecule has 2 aromatic rings. The largest absolute Gasteiger partial charge is 0.388 e. The Bertz CT molecular complexity index is 1050. The van der Waals surface area contributed by atoms with E-state index in [4.69, 9.17) is 5.73 Å². The lowest BCUT2D eigenvalue weighted by Crippen LogP contribution is -2.44. The molecule has 156 valence electrons. The van der Waals surface area contributed by atoms with E-state index in [0.717, 1.165) is 48.8 Å². The fourth-order valence-corrected chi connectivity index (χ4v) is 6.55. The van der Waals surface area contributed by atoms with Crippen molar-refractivity contribution in [3.05, 3.63) is 76.1 Å². The molecule has 0 heterocycles. The van der Waals surface area contributed by atoms with E-state index in [2.05, 4.69) is 6.92 Å². The Morgan fingerprint density at radius 2 is 2.07 bits per heavy atom. The van der Waals surface area contributed by atoms with Gasteiger partial charge in [-0.3, -0.25) is 4.79 Å². The van der Waals surface area contributed by atoms with Crippen LogP contribution in [0.2, 0.25) is 0 Å². The molecule has 0 aliphatic heterocycles. The summed E-state index contributed by atoms with van der Waals surface area (Å²) in [5.74, 6) is 0.793. The van der Waals surface area contributed by atoms with Gasteiger partial charge in [0, 0.05) is 11.0 Å². The van der Waals surface area contributed by atoms with Crippen LogP contribution in [0.4, 0.5) is 4.39 Å². The maximum atomic E-state index is 13.7. The van der Waals surface area contributed by atoms with Gasteiger partial charge in [-0.1, -0.05) is 31.2 Å². The van der Waals surface area contributed by atoms with Crippen LogP contribution in [0.3, 0.4) is 0 Å². The second-order valence-corrected chi connectivity index (χ2v) is 9.62. The van der Waals surface area contributed by atoms with Gasteiger partial charge in [0.05, 0.1) is 6.10 Å². The van der Waals surface area contributed by atoms with Crippen LogP contribution in [0.5, 0.6) is 0 Å². The SMILES string of the molecule is C[C@]12CCC3c4ccc(F)cc4CCC3C1C/C(=C\c1cccc(C(N)=O)c1)[C@@H]2O. The van der Waals surface area contributed by atoms with Gasteiger partial charge in [-0.2, -0.15) is 0 Å². The zero-order chi connectivity index (χ0) is 21.0. The van der Waals surface area contributed by atoms with Crippen molar-refractivity contribution in [2.45, 2.75) is 51.0 Å². The van der Waals surface area contributed by atoms with Crippen LogP contribution < -0.4 is 5.73 Å². The van der Waals surface area contributed by atoms with Crippen molar-refractivity contribution in [3.63, 3.8) is 0 Å². The van der Waals surface area contributed by atoms with Crippen LogP contribution in [-0.2, 0) is 6.42 Å². The Balaban J connectivity index is 1.47. The maximum absolute atomic E-state index is 13.7. The highest BCUT2D eigenvalue weighted by Gasteiger charge is 2.56. The van der Waals surface area contributed by atoms with Crippen LogP contribution in [0.1, 0.15) is 65.6 Å². The molecule has 5 rings (SSSR count). The Kier molecular flexibility index (Phi) is 4.59. The predicted octanol–water partition coefficient (Wildman–Crippen LogP) is 4.84. The Hall–Kier alpha value is -2.46. The summed E-state index contributed by atoms with van der Waals surface area (Å²) in [6, 6.07) is 12.6. The molecule has 0 saturated heterocycles. The number of primary amides is 1. The van der Waals surface area contributed by atoms with E-state index in [1.807, 2.05) is 24.3 Å². The number of carbonyl (C=O) groups is 1. The van der Waals surface area contributed by atoms with E-state index in [9.17, 15) is 14.3 Å². The molecule has 5 atom stereocenters. The lowest BCUT2D eigenvalue weighted by atomic mass is 9.55. The molecular formula is C26H28FNO2. The quantitative estimate of drug-likeness (QED) is 0.751. The highest BCUT2D eigenvalue weighted by molar-refractivity contribution is 5.93.